The van der Waals surface area contributed by atoms with Crippen molar-refractivity contribution >= 4 is 22.8 Å². The fourth-order valence-corrected chi connectivity index (χ4v) is 3.60. The topological polar surface area (TPSA) is 69.7 Å². The number of hydrogen-bond donors (Lipinski definition) is 2. The Labute approximate surface area is 152 Å². The number of likely N-dealkylation sites (tertiary alicyclic amines) is 1. The van der Waals surface area contributed by atoms with E-state index in [2.05, 4.69) is 27.1 Å². The first-order valence-electron chi connectivity index (χ1n) is 8.82. The molecule has 0 amide bonds. The second-order valence-corrected chi connectivity index (χ2v) is 6.74. The molecule has 2 N–H and O–H groups in total. The predicted molar refractivity (Wildman–Crippen MR) is 99.6 cm³/mol. The van der Waals surface area contributed by atoms with Crippen LogP contribution in [0.25, 0.3) is 10.9 Å². The largest absolute Gasteiger partial charge is 0.469 e. The number of H-pyrrole nitrogens is 1. The number of aromatic nitrogens is 1. The van der Waals surface area contributed by atoms with Gasteiger partial charge < -0.3 is 19.9 Å². The molecule has 1 aromatic carbocycles. The van der Waals surface area contributed by atoms with E-state index >= 15 is 0 Å². The molecule has 1 aliphatic heterocycles. The molecule has 0 aliphatic carbocycles. The number of guanidine groups is 1. The van der Waals surface area contributed by atoms with Gasteiger partial charge in [0.25, 0.3) is 0 Å². The Kier molecular flexibility index (Phi) is 5.44. The number of aromatic amines is 1. The van der Waals surface area contributed by atoms with E-state index in [1.54, 1.807) is 19.2 Å². The minimum Gasteiger partial charge on any atom is -0.469 e. The second-order valence-electron chi connectivity index (χ2n) is 6.74. The van der Waals surface area contributed by atoms with Gasteiger partial charge in [-0.2, -0.15) is 0 Å². The molecule has 2 aromatic rings. The minimum absolute atomic E-state index is 0.129. The van der Waals surface area contributed by atoms with Gasteiger partial charge in [0.05, 0.1) is 13.0 Å². The molecule has 2 heterocycles. The number of nitrogens with zero attached hydrogens (tertiary/aromatic N) is 2. The molecule has 1 saturated heterocycles. The Morgan fingerprint density at radius 1 is 1.46 bits per heavy atom. The van der Waals surface area contributed by atoms with Gasteiger partial charge in [0.15, 0.2) is 5.96 Å². The molecule has 2 unspecified atom stereocenters. The van der Waals surface area contributed by atoms with Crippen LogP contribution in [0.2, 0.25) is 0 Å². The monoisotopic (exact) mass is 360 g/mol. The summed E-state index contributed by atoms with van der Waals surface area (Å²) in [5, 5.41) is 4.25. The SMILES string of the molecule is CN=C(NCCc1c[nH]c2ccc(F)cc12)N1CC(C)C(C(=O)OC)C1. The summed E-state index contributed by atoms with van der Waals surface area (Å²) in [6, 6.07) is 4.76. The van der Waals surface area contributed by atoms with Crippen molar-refractivity contribution in [3.05, 3.63) is 35.8 Å². The summed E-state index contributed by atoms with van der Waals surface area (Å²) in [6.07, 6.45) is 2.66. The van der Waals surface area contributed by atoms with Crippen molar-refractivity contribution in [3.63, 3.8) is 0 Å². The lowest BCUT2D eigenvalue weighted by Crippen LogP contribution is -2.41. The second kappa shape index (κ2) is 7.76. The first-order valence-corrected chi connectivity index (χ1v) is 8.82. The quantitative estimate of drug-likeness (QED) is 0.498. The highest BCUT2D eigenvalue weighted by molar-refractivity contribution is 5.84. The Hall–Kier alpha value is -2.57. The summed E-state index contributed by atoms with van der Waals surface area (Å²) >= 11 is 0. The Morgan fingerprint density at radius 3 is 3.00 bits per heavy atom. The highest BCUT2D eigenvalue weighted by Gasteiger charge is 2.36. The van der Waals surface area contributed by atoms with E-state index in [1.807, 2.05) is 6.20 Å². The molecule has 140 valence electrons. The average molecular weight is 360 g/mol. The van der Waals surface area contributed by atoms with Crippen molar-refractivity contribution in [2.24, 2.45) is 16.8 Å². The van der Waals surface area contributed by atoms with Crippen LogP contribution >= 0.6 is 0 Å². The van der Waals surface area contributed by atoms with Crippen molar-refractivity contribution in [2.75, 3.05) is 33.8 Å². The molecule has 3 rings (SSSR count). The van der Waals surface area contributed by atoms with Gasteiger partial charge in [-0.15, -0.1) is 0 Å². The maximum atomic E-state index is 13.5. The number of benzene rings is 1. The fourth-order valence-electron chi connectivity index (χ4n) is 3.60. The third-order valence-corrected chi connectivity index (χ3v) is 5.03. The Morgan fingerprint density at radius 2 is 2.27 bits per heavy atom. The van der Waals surface area contributed by atoms with Crippen LogP contribution in [0.1, 0.15) is 12.5 Å². The maximum Gasteiger partial charge on any atom is 0.310 e. The third-order valence-electron chi connectivity index (χ3n) is 5.03. The van der Waals surface area contributed by atoms with E-state index in [1.165, 1.54) is 13.2 Å². The van der Waals surface area contributed by atoms with Gasteiger partial charge in [-0.25, -0.2) is 4.39 Å². The van der Waals surface area contributed by atoms with Crippen LogP contribution in [0, 0.1) is 17.7 Å². The standard InChI is InChI=1S/C19H25FN4O2/c1-12-10-24(11-16(12)18(25)26-3)19(21-2)22-7-6-13-9-23-17-5-4-14(20)8-15(13)17/h4-5,8-9,12,16,23H,6-7,10-11H2,1-3H3,(H,21,22). The number of hydrogen-bond acceptors (Lipinski definition) is 3. The minimum atomic E-state index is -0.234. The Bertz CT molecular complexity index is 817. The number of halogens is 1. The molecule has 6 nitrogen and oxygen atoms in total. The lowest BCUT2D eigenvalue weighted by atomic mass is 9.99. The lowest BCUT2D eigenvalue weighted by molar-refractivity contribution is -0.145. The van der Waals surface area contributed by atoms with E-state index in [0.29, 0.717) is 13.1 Å². The maximum absolute atomic E-state index is 13.5. The van der Waals surface area contributed by atoms with Gasteiger partial charge in [-0.05, 0) is 36.1 Å². The molecular weight excluding hydrogens is 335 g/mol. The predicted octanol–water partition coefficient (Wildman–Crippen LogP) is 2.17. The van der Waals surface area contributed by atoms with Crippen molar-refractivity contribution in [3.8, 4) is 0 Å². The molecule has 26 heavy (non-hydrogen) atoms. The summed E-state index contributed by atoms with van der Waals surface area (Å²) in [5.74, 6) is 0.459. The number of methoxy groups -OCH3 is 1. The number of ether oxygens (including phenoxy) is 1. The van der Waals surface area contributed by atoms with Crippen LogP contribution in [-0.2, 0) is 16.0 Å². The lowest BCUT2D eigenvalue weighted by Gasteiger charge is -2.21. The van der Waals surface area contributed by atoms with Crippen molar-refractivity contribution in [2.45, 2.75) is 13.3 Å². The Balaban J connectivity index is 1.59. The van der Waals surface area contributed by atoms with Crippen LogP contribution in [0.3, 0.4) is 0 Å². The van der Waals surface area contributed by atoms with E-state index in [-0.39, 0.29) is 23.6 Å². The van der Waals surface area contributed by atoms with Gasteiger partial charge in [-0.1, -0.05) is 6.92 Å². The van der Waals surface area contributed by atoms with Gasteiger partial charge in [0.2, 0.25) is 0 Å². The van der Waals surface area contributed by atoms with E-state index in [0.717, 1.165) is 35.4 Å². The summed E-state index contributed by atoms with van der Waals surface area (Å²) in [7, 11) is 3.16. The molecule has 1 aromatic heterocycles. The van der Waals surface area contributed by atoms with Crippen LogP contribution in [0.5, 0.6) is 0 Å². The van der Waals surface area contributed by atoms with Crippen LogP contribution in [0.4, 0.5) is 4.39 Å². The number of carbonyl (C=O) groups excluding carboxylic acids is 1. The smallest absolute Gasteiger partial charge is 0.310 e. The summed E-state index contributed by atoms with van der Waals surface area (Å²) in [5.41, 5.74) is 1.99. The first kappa shape index (κ1) is 18.2. The van der Waals surface area contributed by atoms with Crippen molar-refractivity contribution in [1.29, 1.82) is 0 Å². The molecule has 2 atom stereocenters. The summed E-state index contributed by atoms with van der Waals surface area (Å²) in [6.45, 7) is 4.09. The van der Waals surface area contributed by atoms with Crippen LogP contribution < -0.4 is 5.32 Å². The first-order chi connectivity index (χ1) is 12.5. The molecule has 7 heteroatoms. The zero-order valence-corrected chi connectivity index (χ0v) is 15.4. The molecular formula is C19H25FN4O2. The third kappa shape index (κ3) is 3.66. The molecule has 0 radical (unpaired) electrons. The highest BCUT2D eigenvalue weighted by atomic mass is 19.1. The number of carbonyl (C=O) groups is 1. The number of nitrogens with one attached hydrogen (secondary N) is 2. The highest BCUT2D eigenvalue weighted by Crippen LogP contribution is 2.24. The summed E-state index contributed by atoms with van der Waals surface area (Å²) < 4.78 is 18.4. The molecule has 0 saturated carbocycles. The van der Waals surface area contributed by atoms with Gasteiger partial charge in [-0.3, -0.25) is 9.79 Å². The molecule has 1 aliphatic rings. The zero-order valence-electron chi connectivity index (χ0n) is 15.4. The molecule has 1 fully saturated rings. The van der Waals surface area contributed by atoms with Gasteiger partial charge in [0, 0.05) is 43.8 Å². The van der Waals surface area contributed by atoms with Crippen molar-refractivity contribution < 1.29 is 13.9 Å². The fraction of sp³-hybridized carbons (Fsp3) is 0.474. The van der Waals surface area contributed by atoms with E-state index in [4.69, 9.17) is 4.74 Å². The van der Waals surface area contributed by atoms with E-state index < -0.39 is 0 Å². The summed E-state index contributed by atoms with van der Waals surface area (Å²) in [4.78, 5) is 21.4. The number of fused-ring (bicyclic) bond motifs is 1. The van der Waals surface area contributed by atoms with Gasteiger partial charge in [0.1, 0.15) is 5.82 Å². The van der Waals surface area contributed by atoms with E-state index in [9.17, 15) is 9.18 Å². The zero-order chi connectivity index (χ0) is 18.7. The van der Waals surface area contributed by atoms with Crippen LogP contribution in [-0.4, -0.2) is 55.6 Å². The molecule has 0 bridgehead atoms. The molecule has 0 spiro atoms. The van der Waals surface area contributed by atoms with Crippen LogP contribution in [0.15, 0.2) is 29.4 Å². The average Bonchev–Trinajstić information content (AvgIpc) is 3.21. The van der Waals surface area contributed by atoms with Gasteiger partial charge >= 0.3 is 5.97 Å². The number of esters is 1. The number of rotatable bonds is 4. The number of aliphatic imine (C=N–C) groups is 1. The normalized spacial score (nSPS) is 20.6. The van der Waals surface area contributed by atoms with Crippen molar-refractivity contribution in [1.82, 2.24) is 15.2 Å².